The summed E-state index contributed by atoms with van der Waals surface area (Å²) in [6, 6.07) is 18.0. The largest absolute Gasteiger partial charge is 0.468 e. The van der Waals surface area contributed by atoms with Crippen molar-refractivity contribution in [3.05, 3.63) is 83.6 Å². The molecule has 62 heavy (non-hydrogen) atoms. The van der Waals surface area contributed by atoms with Crippen molar-refractivity contribution in [2.45, 2.75) is 70.8 Å². The first-order valence-corrected chi connectivity index (χ1v) is 25.8. The Kier molecular flexibility index (Phi) is 11.8. The minimum absolute atomic E-state index is 0.000233. The predicted octanol–water partition coefficient (Wildman–Crippen LogP) is 8.72. The zero-order valence-electron chi connectivity index (χ0n) is 36.2. The van der Waals surface area contributed by atoms with Crippen LogP contribution in [0.1, 0.15) is 49.7 Å². The second-order valence-corrected chi connectivity index (χ2v) is 24.8. The Morgan fingerprint density at radius 2 is 1.71 bits per heavy atom. The molecule has 3 aromatic carbocycles. The van der Waals surface area contributed by atoms with Crippen LogP contribution in [0.25, 0.3) is 32.9 Å². The molecule has 0 radical (unpaired) electrons. The van der Waals surface area contributed by atoms with Crippen LogP contribution in [0.5, 0.6) is 11.8 Å². The van der Waals surface area contributed by atoms with Crippen molar-refractivity contribution in [1.82, 2.24) is 24.8 Å². The smallest absolute Gasteiger partial charge is 0.319 e. The fraction of sp³-hybridized carbons (Fsp3) is 0.469. The number of fused-ring (bicyclic) bond motifs is 2. The number of hydrogen-bond acceptors (Lipinski definition) is 10. The minimum atomic E-state index is -1.31. The average molecular weight is 859 g/mol. The van der Waals surface area contributed by atoms with Crippen molar-refractivity contribution in [2.75, 3.05) is 70.7 Å². The van der Waals surface area contributed by atoms with Crippen molar-refractivity contribution >= 4 is 41.4 Å². The summed E-state index contributed by atoms with van der Waals surface area (Å²) >= 11 is 0. The Labute approximate surface area is 364 Å². The molecule has 324 valence electrons. The average Bonchev–Trinajstić information content (AvgIpc) is 4.04. The van der Waals surface area contributed by atoms with Crippen LogP contribution in [-0.4, -0.2) is 104 Å². The second-order valence-electron chi connectivity index (χ2n) is 19.2. The van der Waals surface area contributed by atoms with Crippen LogP contribution in [-0.2, 0) is 16.1 Å². The molecule has 2 aromatic heterocycles. The molecule has 0 unspecified atom stereocenters. The number of ketones is 1. The highest BCUT2D eigenvalue weighted by Gasteiger charge is 2.49. The maximum Gasteiger partial charge on any atom is 0.319 e. The number of piperazine rings is 1. The number of Topliss-reactive ketones (excluding diaryl/α,β-unsaturated/α-hetero) is 1. The van der Waals surface area contributed by atoms with E-state index in [0.717, 1.165) is 77.4 Å². The van der Waals surface area contributed by atoms with Crippen LogP contribution in [0.2, 0.25) is 25.7 Å². The number of aromatic nitrogens is 3. The lowest BCUT2D eigenvalue weighted by Gasteiger charge is -2.47. The Hall–Kier alpha value is -5.00. The Morgan fingerprint density at radius 1 is 0.919 bits per heavy atom. The maximum atomic E-state index is 17.5. The number of anilines is 1. The van der Waals surface area contributed by atoms with Gasteiger partial charge < -0.3 is 24.0 Å². The van der Waals surface area contributed by atoms with Crippen LogP contribution in [0.15, 0.2) is 60.8 Å². The number of ether oxygens (including phenoxy) is 3. The van der Waals surface area contributed by atoms with E-state index in [1.54, 1.807) is 24.4 Å². The van der Waals surface area contributed by atoms with E-state index in [9.17, 15) is 4.79 Å². The molecule has 4 heterocycles. The molecule has 2 aliphatic carbocycles. The molecule has 0 N–H and O–H groups in total. The number of rotatable bonds is 15. The molecule has 2 saturated carbocycles. The first kappa shape index (κ1) is 42.3. The minimum Gasteiger partial charge on any atom is -0.468 e. The predicted molar refractivity (Wildman–Crippen MR) is 241 cm³/mol. The van der Waals surface area contributed by atoms with Gasteiger partial charge in [-0.1, -0.05) is 62.0 Å². The van der Waals surface area contributed by atoms with Crippen LogP contribution in [0.4, 0.5) is 14.6 Å². The first-order chi connectivity index (χ1) is 29.9. The van der Waals surface area contributed by atoms with Gasteiger partial charge in [0.2, 0.25) is 0 Å². The topological polar surface area (TPSA) is 93.2 Å². The molecule has 2 aliphatic heterocycles. The number of nitrogens with zero attached hydrogens (tertiary/aromatic N) is 6. The molecule has 1 spiro atoms. The molecule has 4 fully saturated rings. The van der Waals surface area contributed by atoms with Gasteiger partial charge in [-0.05, 0) is 67.3 Å². The highest BCUT2D eigenvalue weighted by molar-refractivity contribution is 6.76. The Bertz CT molecular complexity index is 2520. The summed E-state index contributed by atoms with van der Waals surface area (Å²) in [5.74, 6) is 2.34. The van der Waals surface area contributed by atoms with Gasteiger partial charge in [0.15, 0.2) is 12.6 Å². The molecule has 10 nitrogen and oxygen atoms in total. The third kappa shape index (κ3) is 8.93. The van der Waals surface area contributed by atoms with Gasteiger partial charge >= 0.3 is 6.01 Å². The second kappa shape index (κ2) is 17.3. The van der Waals surface area contributed by atoms with Crippen LogP contribution >= 0.6 is 0 Å². The Balaban J connectivity index is 1.02. The van der Waals surface area contributed by atoms with E-state index < -0.39 is 25.1 Å². The van der Waals surface area contributed by atoms with Crippen LogP contribution in [0.3, 0.4) is 0 Å². The fourth-order valence-corrected chi connectivity index (χ4v) is 10.1. The molecular weight excluding hydrogens is 803 g/mol. The van der Waals surface area contributed by atoms with Gasteiger partial charge in [-0.15, -0.1) is 6.42 Å². The summed E-state index contributed by atoms with van der Waals surface area (Å²) in [5.41, 5.74) is 1.12. The van der Waals surface area contributed by atoms with Gasteiger partial charge in [0, 0.05) is 101 Å². The first-order valence-electron chi connectivity index (χ1n) is 22.1. The molecule has 13 heteroatoms. The van der Waals surface area contributed by atoms with Crippen LogP contribution < -0.4 is 14.4 Å². The zero-order chi connectivity index (χ0) is 43.1. The lowest BCUT2D eigenvalue weighted by molar-refractivity contribution is -0.138. The van der Waals surface area contributed by atoms with Crippen molar-refractivity contribution in [1.29, 1.82) is 0 Å². The highest BCUT2D eigenvalue weighted by Crippen LogP contribution is 2.48. The standard InChI is InChI=1S/C49H56F2N6O4Si/c1-5-37-40(50)13-12-35-26-36(61-33-59-24-25-62(2,3)4)27-38(42(35)37)44-43(51)45-39(28-52-44)46(57-19-9-15-49(31-57)16-14-41(49)58)54-47(53-45)60-32-48(17-18-48)30-56-22-20-55(21-23-56)29-34-10-7-6-8-11-34/h1,6-8,10-13,26-28H,9,14-25,29-33H2,2-4H3/t49-/m0/s1. The number of carbonyl (C=O) groups excluding carboxylic acids is 1. The number of terminal acetylenes is 1. The van der Waals surface area contributed by atoms with Gasteiger partial charge in [-0.2, -0.15) is 9.97 Å². The third-order valence-electron chi connectivity index (χ3n) is 13.4. The van der Waals surface area contributed by atoms with E-state index in [4.69, 9.17) is 35.6 Å². The quantitative estimate of drug-likeness (QED) is 0.0441. The summed E-state index contributed by atoms with van der Waals surface area (Å²) in [7, 11) is -1.31. The number of hydrogen-bond donors (Lipinski definition) is 0. The van der Waals surface area contributed by atoms with E-state index in [-0.39, 0.29) is 46.3 Å². The molecule has 1 atom stereocenters. The highest BCUT2D eigenvalue weighted by atomic mass is 28.3. The lowest BCUT2D eigenvalue weighted by atomic mass is 9.63. The molecular formula is C49H56F2N6O4Si. The number of benzene rings is 3. The summed E-state index contributed by atoms with van der Waals surface area (Å²) in [6.45, 7) is 14.8. The normalized spacial score (nSPS) is 20.4. The number of halogens is 2. The zero-order valence-corrected chi connectivity index (χ0v) is 37.2. The van der Waals surface area contributed by atoms with Gasteiger partial charge in [-0.3, -0.25) is 14.7 Å². The van der Waals surface area contributed by atoms with E-state index in [1.807, 2.05) is 0 Å². The maximum absolute atomic E-state index is 17.5. The van der Waals surface area contributed by atoms with Crippen molar-refractivity contribution < 1.29 is 27.8 Å². The molecule has 0 amide bonds. The third-order valence-corrected chi connectivity index (χ3v) is 15.1. The van der Waals surface area contributed by atoms with Crippen molar-refractivity contribution in [3.63, 3.8) is 0 Å². The SMILES string of the molecule is C#Cc1c(F)ccc2cc(OCOCC[Si](C)(C)C)cc(-c3ncc4c(N5CCC[C@]6(CCC6=O)C5)nc(OCC5(CN6CCN(Cc7ccccc7)CC6)CC5)nc4c3F)c12. The molecule has 9 rings (SSSR count). The van der Waals surface area contributed by atoms with Crippen LogP contribution in [0, 0.1) is 34.8 Å². The van der Waals surface area contributed by atoms with Crippen molar-refractivity contribution in [3.8, 4) is 35.4 Å². The summed E-state index contributed by atoms with van der Waals surface area (Å²) in [6.07, 6.45) is 12.6. The van der Waals surface area contributed by atoms with Gasteiger partial charge in [0.25, 0.3) is 0 Å². The van der Waals surface area contributed by atoms with E-state index in [1.165, 1.54) is 11.6 Å². The monoisotopic (exact) mass is 858 g/mol. The van der Waals surface area contributed by atoms with Crippen molar-refractivity contribution in [2.24, 2.45) is 10.8 Å². The summed E-state index contributed by atoms with van der Waals surface area (Å²) < 4.78 is 51.2. The fourth-order valence-electron chi connectivity index (χ4n) is 9.38. The van der Waals surface area contributed by atoms with E-state index in [2.05, 4.69) is 70.6 Å². The number of piperidine rings is 1. The molecule has 5 aromatic rings. The molecule has 4 aliphatic rings. The lowest BCUT2D eigenvalue weighted by Crippen LogP contribution is -2.53. The van der Waals surface area contributed by atoms with Gasteiger partial charge in [-0.25, -0.2) is 8.78 Å². The summed E-state index contributed by atoms with van der Waals surface area (Å²) in [5, 5.41) is 1.32. The molecule has 0 bridgehead atoms. The van der Waals surface area contributed by atoms with E-state index in [0.29, 0.717) is 60.5 Å². The van der Waals surface area contributed by atoms with Gasteiger partial charge in [0.05, 0.1) is 17.6 Å². The van der Waals surface area contributed by atoms with Gasteiger partial charge in [0.1, 0.15) is 34.4 Å². The number of pyridine rings is 1. The number of carbonyl (C=O) groups is 1. The Morgan fingerprint density at radius 3 is 2.42 bits per heavy atom. The summed E-state index contributed by atoms with van der Waals surface area (Å²) in [4.78, 5) is 34.5. The molecule has 2 saturated heterocycles. The van der Waals surface area contributed by atoms with E-state index >= 15 is 8.78 Å².